The van der Waals surface area contributed by atoms with Crippen molar-refractivity contribution < 1.29 is 4.74 Å². The zero-order valence-corrected chi connectivity index (χ0v) is 14.7. The minimum atomic E-state index is 0.810. The van der Waals surface area contributed by atoms with Gasteiger partial charge in [-0.3, -0.25) is 4.99 Å². The maximum Gasteiger partial charge on any atom is 0.190 e. The molecule has 7 heteroatoms. The van der Waals surface area contributed by atoms with Gasteiger partial charge in [-0.1, -0.05) is 12.1 Å². The van der Waals surface area contributed by atoms with Crippen molar-refractivity contribution in [2.75, 3.05) is 26.7 Å². The lowest BCUT2D eigenvalue weighted by molar-refractivity contribution is 0.357. The van der Waals surface area contributed by atoms with Crippen molar-refractivity contribution in [3.63, 3.8) is 0 Å². The maximum absolute atomic E-state index is 5.55. The molecule has 0 atom stereocenters. The van der Waals surface area contributed by atoms with Crippen LogP contribution in [0.4, 0.5) is 0 Å². The highest BCUT2D eigenvalue weighted by molar-refractivity contribution is 5.79. The van der Waals surface area contributed by atoms with Gasteiger partial charge >= 0.3 is 0 Å². The molecular weight excluding hydrogens is 316 g/mol. The first kappa shape index (κ1) is 17.3. The SMILES string of the molecule is CN=C(NCCCCn1cnnc1)NCCc1ccc2c(c1)CCO2. The molecule has 7 nitrogen and oxygen atoms in total. The molecule has 2 N–H and O–H groups in total. The maximum atomic E-state index is 5.55. The van der Waals surface area contributed by atoms with Gasteiger partial charge in [0.2, 0.25) is 0 Å². The summed E-state index contributed by atoms with van der Waals surface area (Å²) < 4.78 is 7.54. The molecule has 2 heterocycles. The minimum Gasteiger partial charge on any atom is -0.493 e. The third-order valence-corrected chi connectivity index (χ3v) is 4.29. The Morgan fingerprint density at radius 2 is 2.04 bits per heavy atom. The van der Waals surface area contributed by atoms with Crippen LogP contribution in [0.2, 0.25) is 0 Å². The summed E-state index contributed by atoms with van der Waals surface area (Å²) in [5.74, 6) is 1.90. The monoisotopic (exact) mass is 342 g/mol. The standard InChI is InChI=1S/C18H26N6O/c1-19-18(20-8-2-3-10-24-13-22-23-14-24)21-9-6-15-4-5-17-16(12-15)7-11-25-17/h4-5,12-14H,2-3,6-11H2,1H3,(H2,19,20,21). The topological polar surface area (TPSA) is 76.4 Å². The number of fused-ring (bicyclic) bond motifs is 1. The lowest BCUT2D eigenvalue weighted by Gasteiger charge is -2.12. The number of benzene rings is 1. The van der Waals surface area contributed by atoms with Crippen molar-refractivity contribution in [2.45, 2.75) is 32.2 Å². The molecule has 0 saturated heterocycles. The summed E-state index contributed by atoms with van der Waals surface area (Å²) in [7, 11) is 1.80. The number of rotatable bonds is 8. The highest BCUT2D eigenvalue weighted by Crippen LogP contribution is 2.25. The van der Waals surface area contributed by atoms with Crippen LogP contribution in [0.5, 0.6) is 5.75 Å². The number of aromatic nitrogens is 3. The van der Waals surface area contributed by atoms with Gasteiger partial charge in [0.05, 0.1) is 6.61 Å². The molecule has 134 valence electrons. The molecule has 0 aliphatic carbocycles. The van der Waals surface area contributed by atoms with Crippen LogP contribution < -0.4 is 15.4 Å². The molecule has 1 aliphatic heterocycles. The van der Waals surface area contributed by atoms with Gasteiger partial charge in [-0.25, -0.2) is 0 Å². The Morgan fingerprint density at radius 1 is 1.20 bits per heavy atom. The Balaban J connectivity index is 1.31. The summed E-state index contributed by atoms with van der Waals surface area (Å²) in [5, 5.41) is 14.3. The van der Waals surface area contributed by atoms with E-state index in [1.54, 1.807) is 19.7 Å². The quantitative estimate of drug-likeness (QED) is 0.431. The predicted octanol–water partition coefficient (Wildman–Crippen LogP) is 1.40. The summed E-state index contributed by atoms with van der Waals surface area (Å²) >= 11 is 0. The molecule has 2 aromatic rings. The molecule has 1 aliphatic rings. The molecule has 3 rings (SSSR count). The van der Waals surface area contributed by atoms with E-state index in [-0.39, 0.29) is 0 Å². The van der Waals surface area contributed by atoms with E-state index in [9.17, 15) is 0 Å². The van der Waals surface area contributed by atoms with Gasteiger partial charge in [0.1, 0.15) is 18.4 Å². The molecule has 0 fully saturated rings. The second-order valence-electron chi connectivity index (χ2n) is 6.12. The summed E-state index contributed by atoms with van der Waals surface area (Å²) in [5.41, 5.74) is 2.66. The average molecular weight is 342 g/mol. The molecule has 25 heavy (non-hydrogen) atoms. The Labute approximate surface area is 148 Å². The number of aryl methyl sites for hydroxylation is 1. The largest absolute Gasteiger partial charge is 0.493 e. The number of aliphatic imine (C=N–C) groups is 1. The summed E-state index contributed by atoms with van der Waals surface area (Å²) in [4.78, 5) is 4.27. The second kappa shape index (κ2) is 9.05. The van der Waals surface area contributed by atoms with Crippen LogP contribution in [0.25, 0.3) is 0 Å². The molecule has 0 saturated carbocycles. The molecule has 1 aromatic carbocycles. The Kier molecular flexibility index (Phi) is 6.25. The van der Waals surface area contributed by atoms with Crippen molar-refractivity contribution in [3.05, 3.63) is 42.0 Å². The lowest BCUT2D eigenvalue weighted by atomic mass is 10.1. The number of hydrogen-bond acceptors (Lipinski definition) is 4. The van der Waals surface area contributed by atoms with Crippen LogP contribution in [0.3, 0.4) is 0 Å². The fourth-order valence-corrected chi connectivity index (χ4v) is 2.91. The Hall–Kier alpha value is -2.57. The van der Waals surface area contributed by atoms with Gasteiger partial charge in [0.25, 0.3) is 0 Å². The van der Waals surface area contributed by atoms with Crippen molar-refractivity contribution in [2.24, 2.45) is 4.99 Å². The minimum absolute atomic E-state index is 0.810. The Morgan fingerprint density at radius 3 is 2.88 bits per heavy atom. The average Bonchev–Trinajstić information content (AvgIpc) is 3.31. The highest BCUT2D eigenvalue weighted by Gasteiger charge is 2.11. The van der Waals surface area contributed by atoms with Gasteiger partial charge in [-0.05, 0) is 36.5 Å². The van der Waals surface area contributed by atoms with E-state index in [4.69, 9.17) is 4.74 Å². The van der Waals surface area contributed by atoms with Crippen molar-refractivity contribution in [3.8, 4) is 5.75 Å². The van der Waals surface area contributed by atoms with Crippen LogP contribution >= 0.6 is 0 Å². The highest BCUT2D eigenvalue weighted by atomic mass is 16.5. The van der Waals surface area contributed by atoms with Gasteiger partial charge in [0, 0.05) is 33.1 Å². The molecule has 0 spiro atoms. The first-order chi connectivity index (χ1) is 12.3. The van der Waals surface area contributed by atoms with Crippen molar-refractivity contribution >= 4 is 5.96 Å². The lowest BCUT2D eigenvalue weighted by Crippen LogP contribution is -2.38. The summed E-state index contributed by atoms with van der Waals surface area (Å²) in [6.07, 6.45) is 7.65. The van der Waals surface area contributed by atoms with E-state index in [2.05, 4.69) is 44.0 Å². The molecule has 0 amide bonds. The number of unbranched alkanes of at least 4 members (excludes halogenated alkanes) is 1. The van der Waals surface area contributed by atoms with E-state index < -0.39 is 0 Å². The van der Waals surface area contributed by atoms with Crippen LogP contribution in [0, 0.1) is 0 Å². The van der Waals surface area contributed by atoms with Gasteiger partial charge in [-0.15, -0.1) is 10.2 Å². The van der Waals surface area contributed by atoms with Gasteiger partial charge in [-0.2, -0.15) is 0 Å². The number of nitrogens with one attached hydrogen (secondary N) is 2. The Bertz CT molecular complexity index is 683. The van der Waals surface area contributed by atoms with E-state index in [1.165, 1.54) is 11.1 Å². The first-order valence-corrected chi connectivity index (χ1v) is 8.86. The number of ether oxygens (including phenoxy) is 1. The van der Waals surface area contributed by atoms with Crippen molar-refractivity contribution in [1.29, 1.82) is 0 Å². The molecule has 0 bridgehead atoms. The van der Waals surface area contributed by atoms with Crippen molar-refractivity contribution in [1.82, 2.24) is 25.4 Å². The first-order valence-electron chi connectivity index (χ1n) is 8.86. The van der Waals surface area contributed by atoms with Crippen LogP contribution in [0.15, 0.2) is 35.8 Å². The number of guanidine groups is 1. The van der Waals surface area contributed by atoms with E-state index in [1.807, 2.05) is 4.57 Å². The number of hydrogen-bond donors (Lipinski definition) is 2. The van der Waals surface area contributed by atoms with Crippen LogP contribution in [-0.4, -0.2) is 47.5 Å². The fourth-order valence-electron chi connectivity index (χ4n) is 2.91. The normalized spacial score (nSPS) is 13.4. The van der Waals surface area contributed by atoms with E-state index in [0.29, 0.717) is 0 Å². The molecular formula is C18H26N6O. The van der Waals surface area contributed by atoms with E-state index in [0.717, 1.165) is 63.6 Å². The fraction of sp³-hybridized carbons (Fsp3) is 0.500. The van der Waals surface area contributed by atoms with Crippen LogP contribution in [0.1, 0.15) is 24.0 Å². The van der Waals surface area contributed by atoms with Gasteiger partial charge in [0.15, 0.2) is 5.96 Å². The number of nitrogens with zero attached hydrogens (tertiary/aromatic N) is 4. The third kappa shape index (κ3) is 5.20. The van der Waals surface area contributed by atoms with E-state index >= 15 is 0 Å². The third-order valence-electron chi connectivity index (χ3n) is 4.29. The molecule has 0 unspecified atom stereocenters. The second-order valence-corrected chi connectivity index (χ2v) is 6.12. The van der Waals surface area contributed by atoms with Crippen LogP contribution in [-0.2, 0) is 19.4 Å². The molecule has 0 radical (unpaired) electrons. The smallest absolute Gasteiger partial charge is 0.190 e. The predicted molar refractivity (Wildman–Crippen MR) is 98.0 cm³/mol. The summed E-state index contributed by atoms with van der Waals surface area (Å²) in [6, 6.07) is 6.48. The van der Waals surface area contributed by atoms with Gasteiger partial charge < -0.3 is 19.9 Å². The zero-order valence-electron chi connectivity index (χ0n) is 14.7. The zero-order chi connectivity index (χ0) is 17.3. The summed E-state index contributed by atoms with van der Waals surface area (Å²) in [6.45, 7) is 3.52. The molecule has 1 aromatic heterocycles.